The number of nitrogens with zero attached hydrogens (tertiary/aromatic N) is 2. The topological polar surface area (TPSA) is 86.4 Å². The molecule has 0 radical (unpaired) electrons. The second kappa shape index (κ2) is 8.79. The Kier molecular flexibility index (Phi) is 5.47. The molecule has 176 valence electrons. The van der Waals surface area contributed by atoms with Gasteiger partial charge in [-0.05, 0) is 61.2 Å². The monoisotopic (exact) mass is 483 g/mol. The molecule has 0 bridgehead atoms. The van der Waals surface area contributed by atoms with Gasteiger partial charge in [-0.1, -0.05) is 36.4 Å². The third-order valence-electron chi connectivity index (χ3n) is 6.64. The summed E-state index contributed by atoms with van der Waals surface area (Å²) in [6.45, 7) is 3.81. The Balaban J connectivity index is 1.40. The fraction of sp³-hybridized carbons (Fsp3) is 0.222. The van der Waals surface area contributed by atoms with Crippen molar-refractivity contribution in [3.8, 4) is 11.1 Å². The molecule has 4 aromatic rings. The molecule has 3 amide bonds. The van der Waals surface area contributed by atoms with Crippen molar-refractivity contribution in [2.24, 2.45) is 0 Å². The average Bonchev–Trinajstić information content (AvgIpc) is 3.25. The highest BCUT2D eigenvalue weighted by atomic mass is 32.1. The van der Waals surface area contributed by atoms with Crippen LogP contribution in [-0.4, -0.2) is 36.1 Å². The highest BCUT2D eigenvalue weighted by molar-refractivity contribution is 7.21. The van der Waals surface area contributed by atoms with Crippen LogP contribution in [0.5, 0.6) is 0 Å². The average molecular weight is 484 g/mol. The number of carbonyl (C=O) groups excluding carboxylic acids is 2. The number of rotatable bonds is 4. The zero-order valence-corrected chi connectivity index (χ0v) is 20.1. The zero-order chi connectivity index (χ0) is 23.9. The van der Waals surface area contributed by atoms with Crippen LogP contribution in [-0.2, 0) is 0 Å². The summed E-state index contributed by atoms with van der Waals surface area (Å²) in [5, 5.41) is 10.2. The van der Waals surface area contributed by atoms with E-state index in [4.69, 9.17) is 0 Å². The summed E-state index contributed by atoms with van der Waals surface area (Å²) in [5.41, 5.74) is 5.36. The summed E-state index contributed by atoms with van der Waals surface area (Å²) < 4.78 is 0. The molecule has 2 aromatic carbocycles. The molecule has 1 fully saturated rings. The van der Waals surface area contributed by atoms with E-state index >= 15 is 0 Å². The highest BCUT2D eigenvalue weighted by Gasteiger charge is 2.33. The first-order chi connectivity index (χ1) is 17.1. The third kappa shape index (κ3) is 3.84. The smallest absolute Gasteiger partial charge is 0.331 e. The predicted molar refractivity (Wildman–Crippen MR) is 141 cm³/mol. The van der Waals surface area contributed by atoms with Gasteiger partial charge in [-0.3, -0.25) is 9.69 Å². The number of aromatic nitrogens is 1. The maximum absolute atomic E-state index is 13.4. The van der Waals surface area contributed by atoms with Gasteiger partial charge in [-0.25, -0.2) is 9.78 Å². The molecule has 0 aliphatic carbocycles. The largest absolute Gasteiger partial charge is 0.347 e. The standard InChI is InChI=1S/C27H25N5O2S/c1-16-6-2-3-10-20(16)17-7-4-9-19(14-17)32-21-11-13-29-26-22(21)23(31-27(32)34)24(35-26)25(33)30-18-8-5-12-28-15-18/h2-4,6-7,9-11,13-14,18,28H,5,8,12,15H2,1H3,(H,30,33)(H,31,34)/t18-/m1/s1. The molecule has 1 saturated heterocycles. The summed E-state index contributed by atoms with van der Waals surface area (Å²) >= 11 is 1.32. The van der Waals surface area contributed by atoms with E-state index in [9.17, 15) is 9.59 Å². The van der Waals surface area contributed by atoms with Gasteiger partial charge in [0.2, 0.25) is 0 Å². The van der Waals surface area contributed by atoms with Crippen LogP contribution >= 0.6 is 11.3 Å². The lowest BCUT2D eigenvalue weighted by Gasteiger charge is -2.29. The lowest BCUT2D eigenvalue weighted by atomic mass is 10.00. The second-order valence-electron chi connectivity index (χ2n) is 8.96. The Labute approximate surface area is 207 Å². The van der Waals surface area contributed by atoms with Crippen molar-refractivity contribution < 1.29 is 9.59 Å². The number of anilines is 3. The number of pyridine rings is 1. The van der Waals surface area contributed by atoms with Gasteiger partial charge in [0.05, 0.1) is 22.4 Å². The van der Waals surface area contributed by atoms with Crippen molar-refractivity contribution in [2.75, 3.05) is 23.3 Å². The molecule has 4 heterocycles. The van der Waals surface area contributed by atoms with E-state index in [1.165, 1.54) is 16.9 Å². The Morgan fingerprint density at radius 3 is 2.89 bits per heavy atom. The van der Waals surface area contributed by atoms with Crippen LogP contribution in [0.3, 0.4) is 0 Å². The SMILES string of the molecule is Cc1ccccc1-c1cccc(N2C(=O)Nc3c(C(=O)N[C@@H]4CCCNC4)sc4nccc2c34)c1. The molecule has 2 aliphatic rings. The highest BCUT2D eigenvalue weighted by Crippen LogP contribution is 2.46. The van der Waals surface area contributed by atoms with Gasteiger partial charge >= 0.3 is 6.03 Å². The van der Waals surface area contributed by atoms with Gasteiger partial charge in [0.15, 0.2) is 0 Å². The minimum atomic E-state index is -0.293. The molecule has 35 heavy (non-hydrogen) atoms. The number of amides is 3. The number of hydrogen-bond acceptors (Lipinski definition) is 5. The van der Waals surface area contributed by atoms with Crippen LogP contribution in [0.2, 0.25) is 0 Å². The van der Waals surface area contributed by atoms with Crippen LogP contribution in [0.1, 0.15) is 28.1 Å². The third-order valence-corrected chi connectivity index (χ3v) is 7.74. The Bertz CT molecular complexity index is 1460. The molecular weight excluding hydrogens is 458 g/mol. The molecule has 2 aliphatic heterocycles. The van der Waals surface area contributed by atoms with Crippen molar-refractivity contribution in [2.45, 2.75) is 25.8 Å². The minimum Gasteiger partial charge on any atom is -0.347 e. The van der Waals surface area contributed by atoms with E-state index in [2.05, 4.69) is 46.1 Å². The lowest BCUT2D eigenvalue weighted by Crippen LogP contribution is -2.45. The molecule has 0 unspecified atom stereocenters. The number of hydrogen-bond donors (Lipinski definition) is 3. The first-order valence-corrected chi connectivity index (χ1v) is 12.6. The van der Waals surface area contributed by atoms with Crippen LogP contribution in [0.25, 0.3) is 21.3 Å². The first-order valence-electron chi connectivity index (χ1n) is 11.8. The molecule has 1 atom stereocenters. The first kappa shape index (κ1) is 21.8. The predicted octanol–water partition coefficient (Wildman–Crippen LogP) is 5.44. The molecule has 0 saturated carbocycles. The Hall–Kier alpha value is -3.75. The van der Waals surface area contributed by atoms with Crippen molar-refractivity contribution in [1.29, 1.82) is 0 Å². The molecule has 0 spiro atoms. The quantitative estimate of drug-likeness (QED) is 0.361. The van der Waals surface area contributed by atoms with Crippen LogP contribution in [0.4, 0.5) is 21.9 Å². The summed E-state index contributed by atoms with van der Waals surface area (Å²) in [4.78, 5) is 34.0. The molecule has 8 heteroatoms. The van der Waals surface area contributed by atoms with E-state index in [0.29, 0.717) is 10.6 Å². The Morgan fingerprint density at radius 2 is 2.06 bits per heavy atom. The van der Waals surface area contributed by atoms with Crippen molar-refractivity contribution in [3.63, 3.8) is 0 Å². The van der Waals surface area contributed by atoms with Gasteiger partial charge < -0.3 is 16.0 Å². The molecule has 7 nitrogen and oxygen atoms in total. The molecule has 6 rings (SSSR count). The van der Waals surface area contributed by atoms with E-state index < -0.39 is 0 Å². The van der Waals surface area contributed by atoms with Gasteiger partial charge in [0.1, 0.15) is 9.71 Å². The summed E-state index contributed by atoms with van der Waals surface area (Å²) in [6, 6.07) is 17.8. The Morgan fingerprint density at radius 1 is 1.17 bits per heavy atom. The van der Waals surface area contributed by atoms with Gasteiger partial charge in [-0.2, -0.15) is 0 Å². The maximum atomic E-state index is 13.4. The fourth-order valence-corrected chi connectivity index (χ4v) is 5.96. The number of benzene rings is 2. The van der Waals surface area contributed by atoms with E-state index in [1.807, 2.05) is 36.4 Å². The van der Waals surface area contributed by atoms with Crippen LogP contribution < -0.4 is 20.9 Å². The fourth-order valence-electron chi connectivity index (χ4n) is 4.94. The van der Waals surface area contributed by atoms with E-state index in [1.54, 1.807) is 11.1 Å². The van der Waals surface area contributed by atoms with E-state index in [-0.39, 0.29) is 18.0 Å². The minimum absolute atomic E-state index is 0.0843. The number of carbonyl (C=O) groups is 2. The summed E-state index contributed by atoms with van der Waals surface area (Å²) in [6.07, 6.45) is 3.67. The van der Waals surface area contributed by atoms with Crippen molar-refractivity contribution in [3.05, 3.63) is 71.2 Å². The second-order valence-corrected chi connectivity index (χ2v) is 9.96. The van der Waals surface area contributed by atoms with Gasteiger partial charge in [0, 0.05) is 18.8 Å². The van der Waals surface area contributed by atoms with E-state index in [0.717, 1.165) is 58.6 Å². The number of nitrogens with one attached hydrogen (secondary N) is 3. The molecule has 2 aromatic heterocycles. The summed E-state index contributed by atoms with van der Waals surface area (Å²) in [7, 11) is 0. The number of aryl methyl sites for hydroxylation is 1. The lowest BCUT2D eigenvalue weighted by molar-refractivity contribution is 0.0935. The van der Waals surface area contributed by atoms with Crippen LogP contribution in [0.15, 0.2) is 60.8 Å². The normalized spacial score (nSPS) is 17.3. The zero-order valence-electron chi connectivity index (χ0n) is 19.3. The molecular formula is C27H25N5O2S. The van der Waals surface area contributed by atoms with Gasteiger partial charge in [-0.15, -0.1) is 11.3 Å². The maximum Gasteiger partial charge on any atom is 0.331 e. The number of thiophene rings is 1. The number of urea groups is 1. The van der Waals surface area contributed by atoms with Crippen LogP contribution in [0, 0.1) is 6.92 Å². The molecule has 3 N–H and O–H groups in total. The number of piperidine rings is 1. The summed E-state index contributed by atoms with van der Waals surface area (Å²) in [5.74, 6) is -0.169. The van der Waals surface area contributed by atoms with Crippen molar-refractivity contribution >= 4 is 50.6 Å². The van der Waals surface area contributed by atoms with Gasteiger partial charge in [0.25, 0.3) is 5.91 Å². The van der Waals surface area contributed by atoms with Crippen molar-refractivity contribution in [1.82, 2.24) is 15.6 Å².